The van der Waals surface area contributed by atoms with Gasteiger partial charge in [-0.25, -0.2) is 4.98 Å². The number of nitrogens with zero attached hydrogens (tertiary/aromatic N) is 2. The average molecular weight is 297 g/mol. The predicted octanol–water partition coefficient (Wildman–Crippen LogP) is 3.82. The van der Waals surface area contributed by atoms with E-state index >= 15 is 0 Å². The normalized spacial score (nSPS) is 26.7. The highest BCUT2D eigenvalue weighted by Gasteiger charge is 2.40. The number of nitrogens with one attached hydrogen (secondary N) is 1. The summed E-state index contributed by atoms with van der Waals surface area (Å²) in [5.74, 6) is 3.10. The number of carbonyl (C=O) groups excluding carboxylic acids is 1. The predicted molar refractivity (Wildman–Crippen MR) is 87.6 cm³/mol. The van der Waals surface area contributed by atoms with Gasteiger partial charge >= 0.3 is 0 Å². The number of amides is 1. The second-order valence-electron chi connectivity index (χ2n) is 6.86. The highest BCUT2D eigenvalue weighted by molar-refractivity contribution is 5.91. The van der Waals surface area contributed by atoms with E-state index in [1.165, 1.54) is 25.7 Å². The van der Waals surface area contributed by atoms with Gasteiger partial charge in [0.1, 0.15) is 0 Å². The minimum absolute atomic E-state index is 0.127. The van der Waals surface area contributed by atoms with Crippen LogP contribution in [0.5, 0.6) is 0 Å². The van der Waals surface area contributed by atoms with Gasteiger partial charge in [0.2, 0.25) is 11.9 Å². The van der Waals surface area contributed by atoms with Crippen molar-refractivity contribution < 1.29 is 4.79 Å². The van der Waals surface area contributed by atoms with Gasteiger partial charge < -0.3 is 4.57 Å². The zero-order chi connectivity index (χ0) is 15.1. The molecule has 4 rings (SSSR count). The van der Waals surface area contributed by atoms with E-state index in [0.29, 0.717) is 18.3 Å². The number of carbonyl (C=O) groups is 1. The maximum absolute atomic E-state index is 12.4. The quantitative estimate of drug-likeness (QED) is 0.932. The lowest BCUT2D eigenvalue weighted by Crippen LogP contribution is -2.21. The van der Waals surface area contributed by atoms with E-state index in [4.69, 9.17) is 0 Å². The minimum Gasteiger partial charge on any atom is -0.310 e. The Labute approximate surface area is 130 Å². The molecule has 2 aliphatic carbocycles. The Hall–Kier alpha value is -1.84. The van der Waals surface area contributed by atoms with Crippen LogP contribution >= 0.6 is 0 Å². The Kier molecular flexibility index (Phi) is 3.40. The lowest BCUT2D eigenvalue weighted by atomic mass is 9.86. The summed E-state index contributed by atoms with van der Waals surface area (Å²) >= 11 is 0. The van der Waals surface area contributed by atoms with Crippen LogP contribution in [-0.2, 0) is 11.3 Å². The molecule has 116 valence electrons. The Morgan fingerprint density at radius 3 is 2.91 bits per heavy atom. The van der Waals surface area contributed by atoms with E-state index in [1.807, 2.05) is 18.2 Å². The Bertz CT molecular complexity index is 705. The molecule has 3 atom stereocenters. The summed E-state index contributed by atoms with van der Waals surface area (Å²) in [5.41, 5.74) is 2.03. The minimum atomic E-state index is 0.127. The number of aromatic nitrogens is 2. The first-order chi connectivity index (χ1) is 10.7. The largest absolute Gasteiger partial charge is 0.310 e. The molecule has 1 amide bonds. The SMILES string of the molecule is CCn1c(NC(=O)CC2CC3CCC2C3)nc2ccccc21. The number of imidazole rings is 1. The Morgan fingerprint density at radius 2 is 2.18 bits per heavy atom. The molecule has 1 N–H and O–H groups in total. The summed E-state index contributed by atoms with van der Waals surface area (Å²) < 4.78 is 2.08. The molecule has 2 saturated carbocycles. The van der Waals surface area contributed by atoms with E-state index in [9.17, 15) is 4.79 Å². The van der Waals surface area contributed by atoms with Crippen LogP contribution in [0.2, 0.25) is 0 Å². The van der Waals surface area contributed by atoms with Gasteiger partial charge in [0.15, 0.2) is 0 Å². The first kappa shape index (κ1) is 13.8. The topological polar surface area (TPSA) is 46.9 Å². The monoisotopic (exact) mass is 297 g/mol. The fraction of sp³-hybridized carbons (Fsp3) is 0.556. The molecule has 2 aromatic rings. The van der Waals surface area contributed by atoms with Crippen LogP contribution in [-0.4, -0.2) is 15.5 Å². The number of fused-ring (bicyclic) bond motifs is 3. The van der Waals surface area contributed by atoms with Gasteiger partial charge in [-0.2, -0.15) is 0 Å². The van der Waals surface area contributed by atoms with Gasteiger partial charge in [0, 0.05) is 13.0 Å². The molecule has 4 heteroatoms. The van der Waals surface area contributed by atoms with E-state index in [-0.39, 0.29) is 5.91 Å². The van der Waals surface area contributed by atoms with Crippen molar-refractivity contribution in [2.24, 2.45) is 17.8 Å². The van der Waals surface area contributed by atoms with E-state index in [2.05, 4.69) is 27.9 Å². The molecular formula is C18H23N3O. The van der Waals surface area contributed by atoms with Gasteiger partial charge in [-0.15, -0.1) is 0 Å². The molecule has 2 fully saturated rings. The van der Waals surface area contributed by atoms with Crippen molar-refractivity contribution >= 4 is 22.9 Å². The van der Waals surface area contributed by atoms with E-state index in [0.717, 1.165) is 29.4 Å². The highest BCUT2D eigenvalue weighted by Crippen LogP contribution is 2.49. The zero-order valence-corrected chi connectivity index (χ0v) is 13.1. The molecule has 3 unspecified atom stereocenters. The highest BCUT2D eigenvalue weighted by atomic mass is 16.1. The number of anilines is 1. The fourth-order valence-corrected chi connectivity index (χ4v) is 4.53. The molecule has 1 heterocycles. The summed E-state index contributed by atoms with van der Waals surface area (Å²) in [5, 5.41) is 3.05. The van der Waals surface area contributed by atoms with Gasteiger partial charge in [-0.05, 0) is 56.1 Å². The van der Waals surface area contributed by atoms with Crippen molar-refractivity contribution in [3.63, 3.8) is 0 Å². The summed E-state index contributed by atoms with van der Waals surface area (Å²) in [6.45, 7) is 2.89. The molecule has 22 heavy (non-hydrogen) atoms. The van der Waals surface area contributed by atoms with E-state index in [1.54, 1.807) is 0 Å². The third-order valence-electron chi connectivity index (χ3n) is 5.55. The smallest absolute Gasteiger partial charge is 0.226 e. The van der Waals surface area contributed by atoms with Crippen molar-refractivity contribution in [1.82, 2.24) is 9.55 Å². The molecule has 0 radical (unpaired) electrons. The van der Waals surface area contributed by atoms with Crippen LogP contribution in [0.4, 0.5) is 5.95 Å². The third-order valence-corrected chi connectivity index (χ3v) is 5.55. The van der Waals surface area contributed by atoms with Crippen molar-refractivity contribution in [2.75, 3.05) is 5.32 Å². The molecule has 0 aliphatic heterocycles. The summed E-state index contributed by atoms with van der Waals surface area (Å²) in [4.78, 5) is 17.0. The zero-order valence-electron chi connectivity index (χ0n) is 13.1. The number of benzene rings is 1. The molecule has 2 aliphatic rings. The van der Waals surface area contributed by atoms with E-state index < -0.39 is 0 Å². The molecule has 2 bridgehead atoms. The maximum Gasteiger partial charge on any atom is 0.226 e. The standard InChI is InChI=1S/C18H23N3O/c1-2-21-16-6-4-3-5-15(16)19-18(21)20-17(22)11-14-10-12-7-8-13(14)9-12/h3-6,12-14H,2,7-11H2,1H3,(H,19,20,22). The van der Waals surface area contributed by atoms with Crippen LogP contribution in [0.1, 0.15) is 39.0 Å². The van der Waals surface area contributed by atoms with Crippen molar-refractivity contribution in [3.8, 4) is 0 Å². The number of hydrogen-bond acceptors (Lipinski definition) is 2. The van der Waals surface area contributed by atoms with Crippen molar-refractivity contribution in [1.29, 1.82) is 0 Å². The number of aryl methyl sites for hydroxylation is 1. The third kappa shape index (κ3) is 2.31. The van der Waals surface area contributed by atoms with Gasteiger partial charge in [0.25, 0.3) is 0 Å². The number of hydrogen-bond donors (Lipinski definition) is 1. The maximum atomic E-state index is 12.4. The Balaban J connectivity index is 1.49. The number of para-hydroxylation sites is 2. The van der Waals surface area contributed by atoms with Crippen LogP contribution in [0.15, 0.2) is 24.3 Å². The van der Waals surface area contributed by atoms with Crippen molar-refractivity contribution in [2.45, 2.75) is 45.6 Å². The summed E-state index contributed by atoms with van der Waals surface area (Å²) in [7, 11) is 0. The summed E-state index contributed by atoms with van der Waals surface area (Å²) in [6.07, 6.45) is 5.98. The first-order valence-electron chi connectivity index (χ1n) is 8.49. The van der Waals surface area contributed by atoms with Crippen LogP contribution in [0.3, 0.4) is 0 Å². The summed E-state index contributed by atoms with van der Waals surface area (Å²) in [6, 6.07) is 8.04. The van der Waals surface area contributed by atoms with Crippen LogP contribution in [0.25, 0.3) is 11.0 Å². The first-order valence-corrected chi connectivity index (χ1v) is 8.49. The fourth-order valence-electron chi connectivity index (χ4n) is 4.53. The second kappa shape index (κ2) is 5.41. The van der Waals surface area contributed by atoms with Crippen LogP contribution in [0, 0.1) is 17.8 Å². The van der Waals surface area contributed by atoms with Gasteiger partial charge in [-0.3, -0.25) is 10.1 Å². The molecular weight excluding hydrogens is 274 g/mol. The number of rotatable bonds is 4. The average Bonchev–Trinajstić information content (AvgIpc) is 3.19. The molecule has 1 aromatic carbocycles. The van der Waals surface area contributed by atoms with Crippen LogP contribution < -0.4 is 5.32 Å². The van der Waals surface area contributed by atoms with Crippen molar-refractivity contribution in [3.05, 3.63) is 24.3 Å². The molecule has 0 saturated heterocycles. The van der Waals surface area contributed by atoms with Gasteiger partial charge in [0.05, 0.1) is 11.0 Å². The second-order valence-corrected chi connectivity index (χ2v) is 6.86. The lowest BCUT2D eigenvalue weighted by molar-refractivity contribution is -0.117. The molecule has 0 spiro atoms. The lowest BCUT2D eigenvalue weighted by Gasteiger charge is -2.20. The molecule has 4 nitrogen and oxygen atoms in total. The Morgan fingerprint density at radius 1 is 1.32 bits per heavy atom. The molecule has 1 aromatic heterocycles. The van der Waals surface area contributed by atoms with Gasteiger partial charge in [-0.1, -0.05) is 18.6 Å².